The van der Waals surface area contributed by atoms with Gasteiger partial charge in [0.05, 0.1) is 6.20 Å². The summed E-state index contributed by atoms with van der Waals surface area (Å²) in [6, 6.07) is 0.109. The van der Waals surface area contributed by atoms with E-state index in [2.05, 4.69) is 11.3 Å². The SMILES string of the molecule is CC(N)c1cnn(CC2CC2)c1. The van der Waals surface area contributed by atoms with Gasteiger partial charge in [0.15, 0.2) is 0 Å². The Bertz CT molecular complexity index is 260. The van der Waals surface area contributed by atoms with Crippen molar-refractivity contribution in [3.8, 4) is 0 Å². The van der Waals surface area contributed by atoms with Crippen LogP contribution in [0.5, 0.6) is 0 Å². The largest absolute Gasteiger partial charge is 0.324 e. The Labute approximate surface area is 72.6 Å². The van der Waals surface area contributed by atoms with Crippen LogP contribution in [0.4, 0.5) is 0 Å². The number of hydrogen-bond donors (Lipinski definition) is 1. The molecule has 0 radical (unpaired) electrons. The smallest absolute Gasteiger partial charge is 0.0537 e. The highest BCUT2D eigenvalue weighted by Crippen LogP contribution is 2.30. The van der Waals surface area contributed by atoms with Gasteiger partial charge in [0.2, 0.25) is 0 Å². The first-order valence-electron chi connectivity index (χ1n) is 4.53. The van der Waals surface area contributed by atoms with Crippen LogP contribution in [0.2, 0.25) is 0 Å². The second-order valence-electron chi connectivity index (χ2n) is 3.73. The minimum absolute atomic E-state index is 0.109. The summed E-state index contributed by atoms with van der Waals surface area (Å²) in [5, 5.41) is 4.25. The lowest BCUT2D eigenvalue weighted by Crippen LogP contribution is -2.04. The monoisotopic (exact) mass is 165 g/mol. The lowest BCUT2D eigenvalue weighted by molar-refractivity contribution is 0.562. The molecule has 2 rings (SSSR count). The van der Waals surface area contributed by atoms with Crippen molar-refractivity contribution in [2.45, 2.75) is 32.4 Å². The standard InChI is InChI=1S/C9H15N3/c1-7(10)9-4-11-12(6-9)5-8-2-3-8/h4,6-8H,2-3,5,10H2,1H3. The molecule has 0 aliphatic heterocycles. The average molecular weight is 165 g/mol. The molecule has 1 aromatic rings. The fraction of sp³-hybridized carbons (Fsp3) is 0.667. The molecule has 3 nitrogen and oxygen atoms in total. The molecule has 12 heavy (non-hydrogen) atoms. The molecule has 1 saturated carbocycles. The Morgan fingerprint density at radius 3 is 3.00 bits per heavy atom. The van der Waals surface area contributed by atoms with Crippen molar-refractivity contribution < 1.29 is 0 Å². The van der Waals surface area contributed by atoms with Gasteiger partial charge in [-0.25, -0.2) is 0 Å². The summed E-state index contributed by atoms with van der Waals surface area (Å²) in [5.74, 6) is 0.880. The van der Waals surface area contributed by atoms with Crippen LogP contribution in [0.3, 0.4) is 0 Å². The van der Waals surface area contributed by atoms with Crippen LogP contribution < -0.4 is 5.73 Å². The number of hydrogen-bond acceptors (Lipinski definition) is 2. The molecule has 2 N–H and O–H groups in total. The second kappa shape index (κ2) is 2.90. The fourth-order valence-corrected chi connectivity index (χ4v) is 1.28. The summed E-state index contributed by atoms with van der Waals surface area (Å²) in [6.07, 6.45) is 6.66. The van der Waals surface area contributed by atoms with E-state index in [9.17, 15) is 0 Å². The highest BCUT2D eigenvalue weighted by atomic mass is 15.3. The lowest BCUT2D eigenvalue weighted by atomic mass is 10.2. The van der Waals surface area contributed by atoms with Gasteiger partial charge in [0, 0.05) is 24.3 Å². The van der Waals surface area contributed by atoms with Gasteiger partial charge < -0.3 is 5.73 Å². The van der Waals surface area contributed by atoms with E-state index in [0.29, 0.717) is 0 Å². The summed E-state index contributed by atoms with van der Waals surface area (Å²) in [5.41, 5.74) is 6.86. The van der Waals surface area contributed by atoms with Gasteiger partial charge in [-0.1, -0.05) is 0 Å². The highest BCUT2D eigenvalue weighted by molar-refractivity contribution is 5.08. The third-order valence-corrected chi connectivity index (χ3v) is 2.32. The van der Waals surface area contributed by atoms with Crippen LogP contribution in [-0.2, 0) is 6.54 Å². The van der Waals surface area contributed by atoms with Crippen molar-refractivity contribution in [1.82, 2.24) is 9.78 Å². The van der Waals surface area contributed by atoms with Gasteiger partial charge in [-0.05, 0) is 25.7 Å². The molecule has 0 spiro atoms. The van der Waals surface area contributed by atoms with E-state index in [4.69, 9.17) is 5.73 Å². The third kappa shape index (κ3) is 1.67. The van der Waals surface area contributed by atoms with Crippen LogP contribution in [0.15, 0.2) is 12.4 Å². The van der Waals surface area contributed by atoms with Crippen LogP contribution in [0, 0.1) is 5.92 Å². The molecule has 1 heterocycles. The van der Waals surface area contributed by atoms with E-state index in [0.717, 1.165) is 18.0 Å². The summed E-state index contributed by atoms with van der Waals surface area (Å²) < 4.78 is 2.01. The van der Waals surface area contributed by atoms with E-state index >= 15 is 0 Å². The minimum Gasteiger partial charge on any atom is -0.324 e. The van der Waals surface area contributed by atoms with E-state index in [1.807, 2.05) is 17.8 Å². The van der Waals surface area contributed by atoms with Gasteiger partial charge in [0.25, 0.3) is 0 Å². The number of aromatic nitrogens is 2. The summed E-state index contributed by atoms with van der Waals surface area (Å²) in [6.45, 7) is 3.06. The predicted octanol–water partition coefficient (Wildman–Crippen LogP) is 1.31. The van der Waals surface area contributed by atoms with Crippen molar-refractivity contribution in [2.75, 3.05) is 0 Å². The maximum absolute atomic E-state index is 5.72. The molecule has 0 bridgehead atoms. The van der Waals surface area contributed by atoms with Crippen LogP contribution in [0.25, 0.3) is 0 Å². The number of rotatable bonds is 3. The molecular weight excluding hydrogens is 150 g/mol. The van der Waals surface area contributed by atoms with Crippen molar-refractivity contribution in [3.63, 3.8) is 0 Å². The Morgan fingerprint density at radius 2 is 2.50 bits per heavy atom. The zero-order chi connectivity index (χ0) is 8.55. The van der Waals surface area contributed by atoms with Gasteiger partial charge in [-0.3, -0.25) is 4.68 Å². The number of nitrogens with two attached hydrogens (primary N) is 1. The number of nitrogens with zero attached hydrogens (tertiary/aromatic N) is 2. The lowest BCUT2D eigenvalue weighted by Gasteiger charge is -1.99. The maximum atomic E-state index is 5.72. The second-order valence-corrected chi connectivity index (χ2v) is 3.73. The third-order valence-electron chi connectivity index (χ3n) is 2.32. The van der Waals surface area contributed by atoms with Crippen LogP contribution >= 0.6 is 0 Å². The molecular formula is C9H15N3. The van der Waals surface area contributed by atoms with Gasteiger partial charge in [0.1, 0.15) is 0 Å². The summed E-state index contributed by atoms with van der Waals surface area (Å²) >= 11 is 0. The molecule has 0 aromatic carbocycles. The van der Waals surface area contributed by atoms with Crippen molar-refractivity contribution >= 4 is 0 Å². The predicted molar refractivity (Wildman–Crippen MR) is 47.6 cm³/mol. The topological polar surface area (TPSA) is 43.8 Å². The molecule has 66 valence electrons. The van der Waals surface area contributed by atoms with Gasteiger partial charge >= 0.3 is 0 Å². The molecule has 1 aromatic heterocycles. The molecule has 0 amide bonds. The first-order chi connectivity index (χ1) is 5.75. The van der Waals surface area contributed by atoms with Gasteiger partial charge in [-0.2, -0.15) is 5.10 Å². The Morgan fingerprint density at radius 1 is 1.75 bits per heavy atom. The van der Waals surface area contributed by atoms with Crippen molar-refractivity contribution in [3.05, 3.63) is 18.0 Å². The maximum Gasteiger partial charge on any atom is 0.0537 e. The van der Waals surface area contributed by atoms with E-state index < -0.39 is 0 Å². The molecule has 1 fully saturated rings. The quantitative estimate of drug-likeness (QED) is 0.734. The summed E-state index contributed by atoms with van der Waals surface area (Å²) in [4.78, 5) is 0. The first-order valence-corrected chi connectivity index (χ1v) is 4.53. The fourth-order valence-electron chi connectivity index (χ4n) is 1.28. The molecule has 1 aliphatic rings. The molecule has 3 heteroatoms. The van der Waals surface area contributed by atoms with E-state index in [1.54, 1.807) is 0 Å². The average Bonchev–Trinajstić information content (AvgIpc) is 2.66. The van der Waals surface area contributed by atoms with Crippen molar-refractivity contribution in [1.29, 1.82) is 0 Å². The van der Waals surface area contributed by atoms with Crippen molar-refractivity contribution in [2.24, 2.45) is 11.7 Å². The first kappa shape index (κ1) is 7.80. The summed E-state index contributed by atoms with van der Waals surface area (Å²) in [7, 11) is 0. The Hall–Kier alpha value is -0.830. The molecule has 0 saturated heterocycles. The minimum atomic E-state index is 0.109. The van der Waals surface area contributed by atoms with E-state index in [1.165, 1.54) is 12.8 Å². The zero-order valence-electron chi connectivity index (χ0n) is 7.40. The highest BCUT2D eigenvalue weighted by Gasteiger charge is 2.21. The Kier molecular flexibility index (Phi) is 1.89. The molecule has 1 unspecified atom stereocenters. The van der Waals surface area contributed by atoms with Crippen LogP contribution in [0.1, 0.15) is 31.4 Å². The Balaban J connectivity index is 2.02. The molecule has 1 aliphatic carbocycles. The van der Waals surface area contributed by atoms with E-state index in [-0.39, 0.29) is 6.04 Å². The van der Waals surface area contributed by atoms with Crippen LogP contribution in [-0.4, -0.2) is 9.78 Å². The molecule has 1 atom stereocenters. The normalized spacial score (nSPS) is 19.5. The zero-order valence-corrected chi connectivity index (χ0v) is 7.40. The van der Waals surface area contributed by atoms with Gasteiger partial charge in [-0.15, -0.1) is 0 Å².